The molecule has 0 aliphatic carbocycles. The lowest BCUT2D eigenvalue weighted by molar-refractivity contribution is -0.0295. The van der Waals surface area contributed by atoms with E-state index in [0.717, 1.165) is 4.90 Å². The second-order valence-corrected chi connectivity index (χ2v) is 9.11. The summed E-state index contributed by atoms with van der Waals surface area (Å²) in [5.74, 6) is -0.192. The number of aryl methyl sites for hydroxylation is 2. The highest BCUT2D eigenvalue weighted by Crippen LogP contribution is 2.31. The number of hydrogen-bond acceptors (Lipinski definition) is 5. The molecular weight excluding hydrogens is 464 g/mol. The van der Waals surface area contributed by atoms with Crippen LogP contribution in [0.15, 0.2) is 66.7 Å². The van der Waals surface area contributed by atoms with Gasteiger partial charge in [-0.05, 0) is 78.8 Å². The van der Waals surface area contributed by atoms with Crippen LogP contribution in [0.2, 0.25) is 0 Å². The maximum Gasteiger partial charge on any atom is 0.126 e. The molecule has 0 amide bonds. The number of aliphatic hydroxyl groups is 2. The maximum atomic E-state index is 13.6. The first-order chi connectivity index (χ1) is 19.0. The Labute approximate surface area is 215 Å². The van der Waals surface area contributed by atoms with E-state index < -0.39 is 49.0 Å². The Bertz CT molecular complexity index is 1270. The smallest absolute Gasteiger partial charge is 0.126 e. The van der Waals surface area contributed by atoms with E-state index in [2.05, 4.69) is 0 Å². The van der Waals surface area contributed by atoms with Crippen LogP contribution in [0.5, 0.6) is 11.5 Å². The fourth-order valence-corrected chi connectivity index (χ4v) is 4.58. The molecule has 0 radical (unpaired) electrons. The minimum absolute atomic E-state index is 0.181. The Morgan fingerprint density at radius 1 is 0.806 bits per heavy atom. The Morgan fingerprint density at radius 3 is 1.81 bits per heavy atom. The van der Waals surface area contributed by atoms with Crippen LogP contribution >= 0.6 is 0 Å². The van der Waals surface area contributed by atoms with Crippen LogP contribution in [0.3, 0.4) is 0 Å². The maximum absolute atomic E-state index is 13.6. The molecule has 0 spiro atoms. The van der Waals surface area contributed by atoms with Crippen molar-refractivity contribution in [3.63, 3.8) is 0 Å². The third kappa shape index (κ3) is 5.86. The molecule has 3 aromatic rings. The minimum Gasteiger partial charge on any atom is -0.487 e. The van der Waals surface area contributed by atoms with Crippen LogP contribution in [0, 0.1) is 11.6 Å². The second kappa shape index (κ2) is 10.9. The molecule has 2 N–H and O–H groups in total. The Morgan fingerprint density at radius 2 is 1.31 bits per heavy atom. The number of nitrogens with zero attached hydrogens (tertiary/aromatic N) is 1. The molecule has 7 heteroatoms. The SMILES string of the molecule is [2H]C([2H])(C(O)C1CCc2cc(F)ccc2O1)N(Cc1ccccc1)C([2H])([2H])C(O)C1CCc2cc(F)ccc2O1. The monoisotopic (exact) mass is 499 g/mol. The number of ether oxygens (including phenoxy) is 2. The Balaban J connectivity index is 1.43. The molecule has 4 unspecified atom stereocenters. The molecule has 5 rings (SSSR count). The van der Waals surface area contributed by atoms with Crippen molar-refractivity contribution in [1.29, 1.82) is 0 Å². The predicted molar refractivity (Wildman–Crippen MR) is 132 cm³/mol. The molecule has 0 fully saturated rings. The van der Waals surface area contributed by atoms with Crippen molar-refractivity contribution >= 4 is 0 Å². The van der Waals surface area contributed by atoms with Crippen LogP contribution in [0.1, 0.15) is 35.0 Å². The van der Waals surface area contributed by atoms with E-state index in [1.807, 2.05) is 0 Å². The van der Waals surface area contributed by atoms with Crippen LogP contribution in [-0.4, -0.2) is 52.5 Å². The Kier molecular flexibility index (Phi) is 6.11. The van der Waals surface area contributed by atoms with Gasteiger partial charge in [0.1, 0.15) is 47.5 Å². The van der Waals surface area contributed by atoms with Gasteiger partial charge in [0.2, 0.25) is 0 Å². The van der Waals surface area contributed by atoms with Gasteiger partial charge in [0.25, 0.3) is 0 Å². The van der Waals surface area contributed by atoms with Crippen molar-refractivity contribution < 1.29 is 34.0 Å². The summed E-state index contributed by atoms with van der Waals surface area (Å²) in [5, 5.41) is 22.6. The fraction of sp³-hybridized carbons (Fsp3) is 0.379. The van der Waals surface area contributed by atoms with Crippen molar-refractivity contribution in [2.24, 2.45) is 0 Å². The van der Waals surface area contributed by atoms with Crippen LogP contribution in [0.25, 0.3) is 0 Å². The molecule has 0 saturated heterocycles. The Hall–Kier alpha value is -3.00. The summed E-state index contributed by atoms with van der Waals surface area (Å²) < 4.78 is 74.9. The predicted octanol–water partition coefficient (Wildman–Crippen LogP) is 4.28. The van der Waals surface area contributed by atoms with Crippen molar-refractivity contribution in [3.8, 4) is 11.5 Å². The van der Waals surface area contributed by atoms with E-state index in [9.17, 15) is 19.0 Å². The van der Waals surface area contributed by atoms with E-state index in [0.29, 0.717) is 41.0 Å². The van der Waals surface area contributed by atoms with Gasteiger partial charge in [-0.25, -0.2) is 8.78 Å². The normalized spacial score (nSPS) is 23.0. The van der Waals surface area contributed by atoms with E-state index in [1.165, 1.54) is 36.4 Å². The highest BCUT2D eigenvalue weighted by atomic mass is 19.1. The molecule has 2 aliphatic heterocycles. The first-order valence-electron chi connectivity index (χ1n) is 14.0. The van der Waals surface area contributed by atoms with Gasteiger partial charge >= 0.3 is 0 Å². The van der Waals surface area contributed by atoms with Crippen molar-refractivity contribution in [2.45, 2.75) is 56.6 Å². The van der Waals surface area contributed by atoms with Gasteiger partial charge in [0.15, 0.2) is 0 Å². The summed E-state index contributed by atoms with van der Waals surface area (Å²) in [6.45, 7) is -5.73. The minimum atomic E-state index is -2.72. The number of benzene rings is 3. The van der Waals surface area contributed by atoms with Gasteiger partial charge in [-0.1, -0.05) is 30.3 Å². The number of halogens is 2. The zero-order valence-corrected chi connectivity index (χ0v) is 19.6. The van der Waals surface area contributed by atoms with Gasteiger partial charge in [0.05, 0.1) is 0 Å². The van der Waals surface area contributed by atoms with E-state index in [-0.39, 0.29) is 19.4 Å². The average Bonchev–Trinajstić information content (AvgIpc) is 2.94. The van der Waals surface area contributed by atoms with Crippen LogP contribution in [0.4, 0.5) is 8.78 Å². The van der Waals surface area contributed by atoms with Crippen molar-refractivity contribution in [3.05, 3.63) is 95.1 Å². The van der Waals surface area contributed by atoms with E-state index in [4.69, 9.17) is 15.0 Å². The largest absolute Gasteiger partial charge is 0.487 e. The zero-order valence-electron chi connectivity index (χ0n) is 23.6. The molecule has 4 atom stereocenters. The lowest BCUT2D eigenvalue weighted by atomic mass is 9.97. The first kappa shape index (κ1) is 20.1. The lowest BCUT2D eigenvalue weighted by Crippen LogP contribution is -2.48. The summed E-state index contributed by atoms with van der Waals surface area (Å²) in [5.41, 5.74) is 1.77. The number of rotatable bonds is 8. The highest BCUT2D eigenvalue weighted by molar-refractivity contribution is 5.37. The van der Waals surface area contributed by atoms with E-state index >= 15 is 0 Å². The van der Waals surface area contributed by atoms with Gasteiger partial charge in [-0.3, -0.25) is 4.90 Å². The molecule has 36 heavy (non-hydrogen) atoms. The number of fused-ring (bicyclic) bond motifs is 2. The molecule has 0 aromatic heterocycles. The van der Waals surface area contributed by atoms with Crippen LogP contribution < -0.4 is 9.47 Å². The zero-order chi connectivity index (χ0) is 28.7. The molecular formula is C29H31F2NO4. The van der Waals surface area contributed by atoms with Crippen molar-refractivity contribution in [1.82, 2.24) is 4.90 Å². The molecule has 0 saturated carbocycles. The van der Waals surface area contributed by atoms with Gasteiger partial charge in [0, 0.05) is 25.0 Å². The highest BCUT2D eigenvalue weighted by Gasteiger charge is 2.32. The average molecular weight is 500 g/mol. The summed E-state index contributed by atoms with van der Waals surface area (Å²) in [6.07, 6.45) is -4.70. The van der Waals surface area contributed by atoms with Gasteiger partial charge in [-0.2, -0.15) is 0 Å². The van der Waals surface area contributed by atoms with Crippen LogP contribution in [-0.2, 0) is 19.4 Å². The van der Waals surface area contributed by atoms with Gasteiger partial charge < -0.3 is 19.7 Å². The molecule has 0 bridgehead atoms. The molecule has 2 aliphatic rings. The topological polar surface area (TPSA) is 62.2 Å². The molecule has 2 heterocycles. The quantitative estimate of drug-likeness (QED) is 0.485. The third-order valence-electron chi connectivity index (χ3n) is 6.46. The fourth-order valence-electron chi connectivity index (χ4n) is 4.58. The summed E-state index contributed by atoms with van der Waals surface area (Å²) >= 11 is 0. The summed E-state index contributed by atoms with van der Waals surface area (Å²) in [6, 6.07) is 16.6. The van der Waals surface area contributed by atoms with E-state index in [1.54, 1.807) is 30.3 Å². The molecule has 5 nitrogen and oxygen atoms in total. The molecule has 3 aromatic carbocycles. The second-order valence-electron chi connectivity index (χ2n) is 9.11. The summed E-state index contributed by atoms with van der Waals surface area (Å²) in [7, 11) is 0. The standard InChI is InChI=1S/C29H31F2NO4/c30-22-8-12-26-20(14-22)6-10-28(35-26)24(33)17-32(16-19-4-2-1-3-5-19)18-25(34)29-11-7-21-15-23(31)9-13-27(21)36-29/h1-5,8-9,12-15,24-25,28-29,33-34H,6-7,10-11,16-18H2/i17D2,18D2. The number of hydrogen-bond donors (Lipinski definition) is 2. The number of aliphatic hydroxyl groups excluding tert-OH is 2. The summed E-state index contributed by atoms with van der Waals surface area (Å²) in [4.78, 5) is 0.803. The molecule has 190 valence electrons. The first-order valence-corrected chi connectivity index (χ1v) is 12.0. The van der Waals surface area contributed by atoms with Gasteiger partial charge in [-0.15, -0.1) is 0 Å². The van der Waals surface area contributed by atoms with Crippen molar-refractivity contribution in [2.75, 3.05) is 13.0 Å². The lowest BCUT2D eigenvalue weighted by Gasteiger charge is -2.35. The third-order valence-corrected chi connectivity index (χ3v) is 6.46.